The minimum absolute atomic E-state index is 0.0107. The molecule has 0 aliphatic carbocycles. The predicted octanol–water partition coefficient (Wildman–Crippen LogP) is 0.604. The van der Waals surface area contributed by atoms with E-state index in [0.717, 1.165) is 6.07 Å². The lowest BCUT2D eigenvalue weighted by molar-refractivity contribution is -0.116. The second-order valence-electron chi connectivity index (χ2n) is 3.60. The van der Waals surface area contributed by atoms with Gasteiger partial charge in [-0.2, -0.15) is 8.78 Å². The van der Waals surface area contributed by atoms with Crippen LogP contribution in [0.1, 0.15) is 0 Å². The summed E-state index contributed by atoms with van der Waals surface area (Å²) in [6.07, 6.45) is 0. The second kappa shape index (κ2) is 5.30. The largest absolute Gasteiger partial charge is 0.368 e. The zero-order chi connectivity index (χ0) is 13.9. The number of halogens is 2. The number of primary amides is 1. The van der Waals surface area contributed by atoms with Crippen LogP contribution in [-0.2, 0) is 14.6 Å². The summed E-state index contributed by atoms with van der Waals surface area (Å²) in [5.41, 5.74) is 4.98. The van der Waals surface area contributed by atoms with Gasteiger partial charge in [0.15, 0.2) is 0 Å². The maximum Gasteiger partial charge on any atom is 0.341 e. The molecule has 2 N–H and O–H groups in total. The monoisotopic (exact) mass is 278 g/mol. The van der Waals surface area contributed by atoms with E-state index in [0.29, 0.717) is 0 Å². The van der Waals surface area contributed by atoms with E-state index in [1.807, 2.05) is 0 Å². The third kappa shape index (κ3) is 2.95. The summed E-state index contributed by atoms with van der Waals surface area (Å²) in [6, 6.07) is 5.21. The molecule has 8 heteroatoms. The molecular formula is C10H12F2N2O3S. The molecule has 0 aromatic heterocycles. The first-order valence-corrected chi connectivity index (χ1v) is 6.42. The highest BCUT2D eigenvalue weighted by Crippen LogP contribution is 2.28. The average molecular weight is 278 g/mol. The van der Waals surface area contributed by atoms with Gasteiger partial charge in [0.05, 0.1) is 17.1 Å². The average Bonchev–Trinajstić information content (AvgIpc) is 2.27. The number of para-hydroxylation sites is 1. The summed E-state index contributed by atoms with van der Waals surface area (Å²) in [4.78, 5) is 11.4. The van der Waals surface area contributed by atoms with E-state index in [2.05, 4.69) is 0 Å². The van der Waals surface area contributed by atoms with Crippen molar-refractivity contribution in [3.05, 3.63) is 24.3 Å². The molecule has 0 radical (unpaired) electrons. The van der Waals surface area contributed by atoms with Crippen LogP contribution in [0, 0.1) is 0 Å². The highest BCUT2D eigenvalue weighted by molar-refractivity contribution is 7.91. The van der Waals surface area contributed by atoms with Gasteiger partial charge in [-0.05, 0) is 12.1 Å². The second-order valence-corrected chi connectivity index (χ2v) is 5.48. The molecule has 1 rings (SSSR count). The van der Waals surface area contributed by atoms with Crippen LogP contribution in [-0.4, -0.2) is 33.7 Å². The van der Waals surface area contributed by atoms with Crippen molar-refractivity contribution in [2.24, 2.45) is 5.73 Å². The Labute approximate surface area is 103 Å². The number of sulfone groups is 1. The number of hydrogen-bond acceptors (Lipinski definition) is 4. The zero-order valence-electron chi connectivity index (χ0n) is 9.51. The molecule has 0 aliphatic rings. The molecule has 0 bridgehead atoms. The molecule has 0 heterocycles. The number of alkyl halides is 2. The Kier molecular flexibility index (Phi) is 4.23. The number of benzene rings is 1. The quantitative estimate of drug-likeness (QED) is 0.855. The summed E-state index contributed by atoms with van der Waals surface area (Å²) in [5.74, 6) is -4.21. The van der Waals surface area contributed by atoms with E-state index in [4.69, 9.17) is 5.73 Å². The van der Waals surface area contributed by atoms with Crippen molar-refractivity contribution in [3.8, 4) is 0 Å². The molecule has 0 saturated heterocycles. The lowest BCUT2D eigenvalue weighted by atomic mass is 10.3. The highest BCUT2D eigenvalue weighted by Gasteiger charge is 2.30. The molecule has 18 heavy (non-hydrogen) atoms. The van der Waals surface area contributed by atoms with Crippen molar-refractivity contribution in [2.75, 3.05) is 18.5 Å². The molecule has 0 atom stereocenters. The van der Waals surface area contributed by atoms with Gasteiger partial charge in [0.2, 0.25) is 15.7 Å². The Morgan fingerprint density at radius 2 is 1.94 bits per heavy atom. The Balaban J connectivity index is 3.27. The van der Waals surface area contributed by atoms with Crippen molar-refractivity contribution in [1.29, 1.82) is 0 Å². The van der Waals surface area contributed by atoms with Gasteiger partial charge < -0.3 is 10.6 Å². The minimum atomic E-state index is -4.72. The smallest absolute Gasteiger partial charge is 0.341 e. The molecule has 100 valence electrons. The van der Waals surface area contributed by atoms with Gasteiger partial charge in [-0.25, -0.2) is 8.42 Å². The van der Waals surface area contributed by atoms with Crippen molar-refractivity contribution >= 4 is 21.4 Å². The Hall–Kier alpha value is -1.70. The van der Waals surface area contributed by atoms with Crippen LogP contribution < -0.4 is 10.6 Å². The standard InChI is InChI=1S/C10H12F2N2O3S/c1-14(6-9(13)15)7-4-2-3-5-8(7)18(16,17)10(11)12/h2-5,10H,6H2,1H3,(H2,13,15). The maximum absolute atomic E-state index is 12.5. The van der Waals surface area contributed by atoms with Crippen molar-refractivity contribution in [3.63, 3.8) is 0 Å². The predicted molar refractivity (Wildman–Crippen MR) is 62.1 cm³/mol. The molecule has 1 aromatic rings. The van der Waals surface area contributed by atoms with E-state index < -0.39 is 26.4 Å². The van der Waals surface area contributed by atoms with Crippen LogP contribution >= 0.6 is 0 Å². The third-order valence-electron chi connectivity index (χ3n) is 2.21. The number of rotatable bonds is 5. The Bertz CT molecular complexity index is 546. The summed E-state index contributed by atoms with van der Waals surface area (Å²) in [6.45, 7) is -0.268. The lowest BCUT2D eigenvalue weighted by Crippen LogP contribution is -2.31. The fourth-order valence-corrected chi connectivity index (χ4v) is 2.40. The summed E-state index contributed by atoms with van der Waals surface area (Å²) < 4.78 is 47.9. The number of hydrogen-bond donors (Lipinski definition) is 1. The van der Waals surface area contributed by atoms with E-state index >= 15 is 0 Å². The van der Waals surface area contributed by atoms with Gasteiger partial charge in [0, 0.05) is 7.05 Å². The zero-order valence-corrected chi connectivity index (χ0v) is 10.3. The number of amides is 1. The number of likely N-dealkylation sites (N-methyl/N-ethyl adjacent to an activating group) is 1. The number of nitrogens with two attached hydrogens (primary N) is 1. The molecule has 0 aliphatic heterocycles. The first-order valence-electron chi connectivity index (χ1n) is 4.87. The van der Waals surface area contributed by atoms with Gasteiger partial charge in [-0.3, -0.25) is 4.79 Å². The molecular weight excluding hydrogens is 266 g/mol. The topological polar surface area (TPSA) is 80.5 Å². The van der Waals surface area contributed by atoms with Gasteiger partial charge in [-0.1, -0.05) is 12.1 Å². The lowest BCUT2D eigenvalue weighted by Gasteiger charge is -2.20. The first-order chi connectivity index (χ1) is 8.26. The van der Waals surface area contributed by atoms with Gasteiger partial charge >= 0.3 is 5.76 Å². The van der Waals surface area contributed by atoms with Crippen LogP contribution in [0.2, 0.25) is 0 Å². The van der Waals surface area contributed by atoms with Crippen molar-refractivity contribution in [2.45, 2.75) is 10.7 Å². The molecule has 0 fully saturated rings. The van der Waals surface area contributed by atoms with Gasteiger partial charge in [0.1, 0.15) is 0 Å². The minimum Gasteiger partial charge on any atom is -0.368 e. The third-order valence-corrected chi connectivity index (χ3v) is 3.64. The SMILES string of the molecule is CN(CC(N)=O)c1ccccc1S(=O)(=O)C(F)F. The Morgan fingerprint density at radius 1 is 1.39 bits per heavy atom. The highest BCUT2D eigenvalue weighted by atomic mass is 32.2. The van der Waals surface area contributed by atoms with Crippen LogP contribution in [0.15, 0.2) is 29.2 Å². The van der Waals surface area contributed by atoms with Crippen LogP contribution in [0.25, 0.3) is 0 Å². The molecule has 5 nitrogen and oxygen atoms in total. The molecule has 0 spiro atoms. The summed E-state index contributed by atoms with van der Waals surface area (Å²) in [7, 11) is -3.32. The maximum atomic E-state index is 12.5. The number of carbonyl (C=O) groups excluding carboxylic acids is 1. The molecule has 0 unspecified atom stereocenters. The fourth-order valence-electron chi connectivity index (χ4n) is 1.43. The summed E-state index contributed by atoms with van der Waals surface area (Å²) >= 11 is 0. The number of anilines is 1. The number of carbonyl (C=O) groups is 1. The van der Waals surface area contributed by atoms with E-state index in [1.165, 1.54) is 30.1 Å². The molecule has 0 saturated carbocycles. The van der Waals surface area contributed by atoms with Crippen molar-refractivity contribution < 1.29 is 22.0 Å². The van der Waals surface area contributed by atoms with Crippen molar-refractivity contribution in [1.82, 2.24) is 0 Å². The van der Waals surface area contributed by atoms with Crippen LogP contribution in [0.5, 0.6) is 0 Å². The van der Waals surface area contributed by atoms with E-state index in [1.54, 1.807) is 0 Å². The Morgan fingerprint density at radius 3 is 2.44 bits per heavy atom. The van der Waals surface area contributed by atoms with Crippen LogP contribution in [0.4, 0.5) is 14.5 Å². The van der Waals surface area contributed by atoms with E-state index in [-0.39, 0.29) is 12.2 Å². The number of nitrogens with zero attached hydrogens (tertiary/aromatic N) is 1. The fraction of sp³-hybridized carbons (Fsp3) is 0.300. The molecule has 1 aromatic carbocycles. The van der Waals surface area contributed by atoms with Crippen LogP contribution in [0.3, 0.4) is 0 Å². The van der Waals surface area contributed by atoms with E-state index in [9.17, 15) is 22.0 Å². The normalized spacial score (nSPS) is 11.6. The molecule has 1 amide bonds. The summed E-state index contributed by atoms with van der Waals surface area (Å²) in [5, 5.41) is 0. The van der Waals surface area contributed by atoms with Gasteiger partial charge in [-0.15, -0.1) is 0 Å². The first kappa shape index (κ1) is 14.4. The van der Waals surface area contributed by atoms with Gasteiger partial charge in [0.25, 0.3) is 0 Å².